The van der Waals surface area contributed by atoms with Crippen LogP contribution < -0.4 is 11.0 Å². The van der Waals surface area contributed by atoms with E-state index in [1.807, 2.05) is 0 Å². The minimum absolute atomic E-state index is 0.0309. The second kappa shape index (κ2) is 4.89. The quantitative estimate of drug-likeness (QED) is 0.673. The van der Waals surface area contributed by atoms with Crippen LogP contribution in [0.15, 0.2) is 23.3 Å². The molecule has 1 N–H and O–H groups in total. The highest BCUT2D eigenvalue weighted by Gasteiger charge is 2.16. The summed E-state index contributed by atoms with van der Waals surface area (Å²) in [5.74, 6) is -0.0309. The Kier molecular flexibility index (Phi) is 3.31. The molecule has 2 heterocycles. The van der Waals surface area contributed by atoms with Crippen LogP contribution in [0.25, 0.3) is 0 Å². The van der Waals surface area contributed by atoms with E-state index in [2.05, 4.69) is 10.3 Å². The molecule has 0 radical (unpaired) electrons. The van der Waals surface area contributed by atoms with Gasteiger partial charge in [0.2, 0.25) is 5.91 Å². The summed E-state index contributed by atoms with van der Waals surface area (Å²) < 4.78 is 1.32. The predicted molar refractivity (Wildman–Crippen MR) is 57.9 cm³/mol. The lowest BCUT2D eigenvalue weighted by atomic mass is 10.3. The van der Waals surface area contributed by atoms with E-state index in [-0.39, 0.29) is 18.1 Å². The van der Waals surface area contributed by atoms with E-state index in [4.69, 9.17) is 0 Å². The van der Waals surface area contributed by atoms with Crippen LogP contribution in [0.2, 0.25) is 0 Å². The van der Waals surface area contributed by atoms with E-state index < -0.39 is 0 Å². The average molecular weight is 222 g/mol. The van der Waals surface area contributed by atoms with Gasteiger partial charge in [0.15, 0.2) is 0 Å². The zero-order valence-electron chi connectivity index (χ0n) is 8.93. The highest BCUT2D eigenvalue weighted by molar-refractivity contribution is 5.76. The fourth-order valence-electron chi connectivity index (χ4n) is 1.67. The molecular weight excluding hydrogens is 208 g/mol. The smallest absolute Gasteiger partial charge is 0.339 e. The summed E-state index contributed by atoms with van der Waals surface area (Å²) in [7, 11) is 0. The van der Waals surface area contributed by atoms with Crippen molar-refractivity contribution in [3.05, 3.63) is 28.9 Å². The Bertz CT molecular complexity index is 423. The Hall–Kier alpha value is -1.69. The van der Waals surface area contributed by atoms with Gasteiger partial charge in [-0.3, -0.25) is 9.36 Å². The van der Waals surface area contributed by atoms with E-state index in [1.165, 1.54) is 10.8 Å². The molecule has 1 aliphatic rings. The van der Waals surface area contributed by atoms with Gasteiger partial charge in [-0.25, -0.2) is 9.78 Å². The molecule has 6 heteroatoms. The van der Waals surface area contributed by atoms with E-state index in [9.17, 15) is 9.59 Å². The zero-order valence-corrected chi connectivity index (χ0v) is 8.93. The van der Waals surface area contributed by atoms with Crippen molar-refractivity contribution in [1.82, 2.24) is 19.8 Å². The molecule has 1 aromatic heterocycles. The van der Waals surface area contributed by atoms with Gasteiger partial charge in [0.05, 0.1) is 0 Å². The first-order valence-electron chi connectivity index (χ1n) is 5.27. The van der Waals surface area contributed by atoms with Gasteiger partial charge < -0.3 is 10.2 Å². The van der Waals surface area contributed by atoms with Crippen LogP contribution in [0.1, 0.15) is 0 Å². The summed E-state index contributed by atoms with van der Waals surface area (Å²) in [5.41, 5.74) is -0.383. The van der Waals surface area contributed by atoms with Gasteiger partial charge in [-0.1, -0.05) is 0 Å². The number of rotatable bonds is 2. The normalized spacial score (nSPS) is 16.1. The van der Waals surface area contributed by atoms with Gasteiger partial charge >= 0.3 is 5.69 Å². The van der Waals surface area contributed by atoms with Crippen molar-refractivity contribution in [3.8, 4) is 0 Å². The van der Waals surface area contributed by atoms with Gasteiger partial charge in [-0.15, -0.1) is 0 Å². The summed E-state index contributed by atoms with van der Waals surface area (Å²) in [4.78, 5) is 28.5. The fraction of sp³-hybridized carbons (Fsp3) is 0.500. The average Bonchev–Trinajstić information content (AvgIpc) is 2.33. The lowest BCUT2D eigenvalue weighted by Crippen LogP contribution is -2.48. The molecule has 0 spiro atoms. The van der Waals surface area contributed by atoms with Crippen LogP contribution in [0.5, 0.6) is 0 Å². The van der Waals surface area contributed by atoms with Crippen molar-refractivity contribution in [1.29, 1.82) is 0 Å². The van der Waals surface area contributed by atoms with Crippen molar-refractivity contribution >= 4 is 5.91 Å². The van der Waals surface area contributed by atoms with Gasteiger partial charge in [0.25, 0.3) is 0 Å². The number of piperazine rings is 1. The van der Waals surface area contributed by atoms with Gasteiger partial charge in [-0.05, 0) is 6.07 Å². The van der Waals surface area contributed by atoms with Crippen molar-refractivity contribution in [3.63, 3.8) is 0 Å². The minimum atomic E-state index is -0.383. The highest BCUT2D eigenvalue weighted by Crippen LogP contribution is 1.95. The molecule has 86 valence electrons. The molecule has 0 aromatic carbocycles. The van der Waals surface area contributed by atoms with Gasteiger partial charge in [0, 0.05) is 38.6 Å². The number of nitrogens with one attached hydrogen (secondary N) is 1. The SMILES string of the molecule is O=C(Cn1cccnc1=O)N1CCNCC1. The summed E-state index contributed by atoms with van der Waals surface area (Å²) in [5, 5.41) is 3.17. The number of hydrogen-bond acceptors (Lipinski definition) is 4. The third-order valence-electron chi connectivity index (χ3n) is 2.56. The molecule has 1 aromatic rings. The Labute approximate surface area is 92.9 Å². The third-order valence-corrected chi connectivity index (χ3v) is 2.56. The van der Waals surface area contributed by atoms with Crippen molar-refractivity contribution in [2.75, 3.05) is 26.2 Å². The largest absolute Gasteiger partial charge is 0.347 e. The molecule has 1 fully saturated rings. The van der Waals surface area contributed by atoms with Gasteiger partial charge in [-0.2, -0.15) is 0 Å². The first-order valence-corrected chi connectivity index (χ1v) is 5.27. The third kappa shape index (κ3) is 2.46. The second-order valence-electron chi connectivity index (χ2n) is 3.66. The number of nitrogens with zero attached hydrogens (tertiary/aromatic N) is 3. The molecule has 1 saturated heterocycles. The first kappa shape index (κ1) is 10.8. The number of hydrogen-bond donors (Lipinski definition) is 1. The molecule has 0 atom stereocenters. The molecular formula is C10H14N4O2. The molecule has 1 aliphatic heterocycles. The maximum Gasteiger partial charge on any atom is 0.347 e. The Morgan fingerprint density at radius 2 is 2.19 bits per heavy atom. The number of carbonyl (C=O) groups is 1. The van der Waals surface area contributed by atoms with Crippen molar-refractivity contribution in [2.24, 2.45) is 0 Å². The van der Waals surface area contributed by atoms with Crippen LogP contribution in [0, 0.1) is 0 Å². The number of amides is 1. The lowest BCUT2D eigenvalue weighted by Gasteiger charge is -2.27. The molecule has 16 heavy (non-hydrogen) atoms. The van der Waals surface area contributed by atoms with Crippen LogP contribution in [0.3, 0.4) is 0 Å². The van der Waals surface area contributed by atoms with E-state index >= 15 is 0 Å². The molecule has 0 aliphatic carbocycles. The minimum Gasteiger partial charge on any atom is -0.339 e. The number of aromatic nitrogens is 2. The Morgan fingerprint density at radius 1 is 1.44 bits per heavy atom. The molecule has 0 bridgehead atoms. The standard InChI is InChI=1S/C10H14N4O2/c15-9(13-6-3-11-4-7-13)8-14-5-1-2-12-10(14)16/h1-2,5,11H,3-4,6-8H2. The monoisotopic (exact) mass is 222 g/mol. The Balaban J connectivity index is 2.01. The zero-order chi connectivity index (χ0) is 11.4. The van der Waals surface area contributed by atoms with Crippen LogP contribution in [-0.2, 0) is 11.3 Å². The van der Waals surface area contributed by atoms with Crippen molar-refractivity contribution in [2.45, 2.75) is 6.54 Å². The molecule has 0 saturated carbocycles. The molecule has 2 rings (SSSR count). The second-order valence-corrected chi connectivity index (χ2v) is 3.66. The fourth-order valence-corrected chi connectivity index (χ4v) is 1.67. The van der Waals surface area contributed by atoms with E-state index in [0.717, 1.165) is 13.1 Å². The van der Waals surface area contributed by atoms with Crippen LogP contribution >= 0.6 is 0 Å². The maximum absolute atomic E-state index is 11.8. The summed E-state index contributed by atoms with van der Waals surface area (Å²) >= 11 is 0. The Morgan fingerprint density at radius 3 is 2.88 bits per heavy atom. The summed E-state index contributed by atoms with van der Waals surface area (Å²) in [6.07, 6.45) is 3.00. The number of carbonyl (C=O) groups excluding carboxylic acids is 1. The molecule has 1 amide bonds. The van der Waals surface area contributed by atoms with Gasteiger partial charge in [0.1, 0.15) is 6.54 Å². The maximum atomic E-state index is 11.8. The van der Waals surface area contributed by atoms with E-state index in [1.54, 1.807) is 17.2 Å². The molecule has 0 unspecified atom stereocenters. The van der Waals surface area contributed by atoms with Crippen LogP contribution in [0.4, 0.5) is 0 Å². The predicted octanol–water partition coefficient (Wildman–Crippen LogP) is -1.32. The highest BCUT2D eigenvalue weighted by atomic mass is 16.2. The van der Waals surface area contributed by atoms with E-state index in [0.29, 0.717) is 13.1 Å². The van der Waals surface area contributed by atoms with Crippen LogP contribution in [-0.4, -0.2) is 46.5 Å². The topological polar surface area (TPSA) is 67.2 Å². The molecule has 6 nitrogen and oxygen atoms in total. The lowest BCUT2D eigenvalue weighted by molar-refractivity contribution is -0.132. The summed E-state index contributed by atoms with van der Waals surface area (Å²) in [6, 6.07) is 1.65. The first-order chi connectivity index (χ1) is 7.77. The summed E-state index contributed by atoms with van der Waals surface area (Å²) in [6.45, 7) is 3.11. The van der Waals surface area contributed by atoms with Crippen molar-refractivity contribution < 1.29 is 4.79 Å².